The largest absolute Gasteiger partial charge is 0.456 e. The Morgan fingerprint density at radius 2 is 1.70 bits per heavy atom. The van der Waals surface area contributed by atoms with E-state index in [0.717, 1.165) is 10.8 Å². The molecule has 0 fully saturated rings. The summed E-state index contributed by atoms with van der Waals surface area (Å²) in [4.78, 5) is 0. The minimum Gasteiger partial charge on any atom is -0.456 e. The predicted molar refractivity (Wildman–Crippen MR) is 75.1 cm³/mol. The number of halogens is 1. The molecule has 0 aliphatic carbocycles. The number of hydrogen-bond acceptors (Lipinski definition) is 2. The first-order valence-corrected chi connectivity index (χ1v) is 6.13. The summed E-state index contributed by atoms with van der Waals surface area (Å²) in [5, 5.41) is 11.1. The zero-order valence-corrected chi connectivity index (χ0v) is 10.5. The van der Waals surface area contributed by atoms with Crippen LogP contribution in [0.5, 0.6) is 11.5 Å². The van der Waals surface area contributed by atoms with E-state index in [9.17, 15) is 4.39 Å². The zero-order chi connectivity index (χ0) is 13.9. The number of nitrogens with zero attached hydrogens (tertiary/aromatic N) is 1. The molecule has 0 spiro atoms. The molecule has 2 nitrogen and oxygen atoms in total. The molecule has 0 amide bonds. The van der Waals surface area contributed by atoms with Crippen molar-refractivity contribution in [3.8, 4) is 17.6 Å². The van der Waals surface area contributed by atoms with E-state index in [1.807, 2.05) is 42.5 Å². The van der Waals surface area contributed by atoms with Crippen LogP contribution in [0.1, 0.15) is 5.56 Å². The van der Waals surface area contributed by atoms with Crippen LogP contribution in [0.2, 0.25) is 0 Å². The minimum absolute atomic E-state index is 0.0827. The Labute approximate surface area is 115 Å². The van der Waals surface area contributed by atoms with Gasteiger partial charge in [-0.3, -0.25) is 0 Å². The number of fused-ring (bicyclic) bond motifs is 1. The van der Waals surface area contributed by atoms with Crippen molar-refractivity contribution in [2.45, 2.75) is 0 Å². The van der Waals surface area contributed by atoms with Gasteiger partial charge in [-0.2, -0.15) is 5.26 Å². The number of benzene rings is 3. The van der Waals surface area contributed by atoms with Crippen LogP contribution in [0.25, 0.3) is 10.8 Å². The van der Waals surface area contributed by atoms with Gasteiger partial charge in [-0.25, -0.2) is 4.39 Å². The second-order valence-corrected chi connectivity index (χ2v) is 4.34. The van der Waals surface area contributed by atoms with E-state index in [-0.39, 0.29) is 11.3 Å². The third-order valence-electron chi connectivity index (χ3n) is 3.04. The van der Waals surface area contributed by atoms with Crippen LogP contribution in [0.3, 0.4) is 0 Å². The molecule has 96 valence electrons. The smallest absolute Gasteiger partial charge is 0.148 e. The second kappa shape index (κ2) is 5.02. The van der Waals surface area contributed by atoms with Gasteiger partial charge in [0.2, 0.25) is 0 Å². The molecule has 0 unspecified atom stereocenters. The number of hydrogen-bond donors (Lipinski definition) is 0. The topological polar surface area (TPSA) is 33.0 Å². The fourth-order valence-electron chi connectivity index (χ4n) is 2.06. The first-order chi connectivity index (χ1) is 9.78. The Morgan fingerprint density at radius 3 is 2.50 bits per heavy atom. The van der Waals surface area contributed by atoms with Crippen LogP contribution in [0, 0.1) is 17.1 Å². The Bertz CT molecular complexity index is 821. The predicted octanol–water partition coefficient (Wildman–Crippen LogP) is 4.64. The lowest BCUT2D eigenvalue weighted by molar-refractivity contribution is 0.475. The molecule has 0 N–H and O–H groups in total. The van der Waals surface area contributed by atoms with Crippen LogP contribution in [0.15, 0.2) is 60.7 Å². The molecular weight excluding hydrogens is 253 g/mol. The van der Waals surface area contributed by atoms with Crippen molar-refractivity contribution in [3.63, 3.8) is 0 Å². The Kier molecular flexibility index (Phi) is 3.06. The summed E-state index contributed by atoms with van der Waals surface area (Å²) >= 11 is 0. The van der Waals surface area contributed by atoms with E-state index in [4.69, 9.17) is 10.00 Å². The highest BCUT2D eigenvalue weighted by Gasteiger charge is 2.09. The molecule has 0 heterocycles. The van der Waals surface area contributed by atoms with Gasteiger partial charge in [-0.1, -0.05) is 36.4 Å². The molecule has 0 bridgehead atoms. The van der Waals surface area contributed by atoms with E-state index < -0.39 is 5.82 Å². The van der Waals surface area contributed by atoms with E-state index in [0.29, 0.717) is 5.75 Å². The van der Waals surface area contributed by atoms with Gasteiger partial charge in [-0.05, 0) is 35.0 Å². The maximum Gasteiger partial charge on any atom is 0.148 e. The normalized spacial score (nSPS) is 10.2. The summed E-state index contributed by atoms with van der Waals surface area (Å²) in [7, 11) is 0. The molecular formula is C17H10FNO. The van der Waals surface area contributed by atoms with Crippen molar-refractivity contribution in [3.05, 3.63) is 72.0 Å². The summed E-state index contributed by atoms with van der Waals surface area (Å²) in [5.74, 6) is 0.222. The van der Waals surface area contributed by atoms with Crippen LogP contribution < -0.4 is 4.74 Å². The Morgan fingerprint density at radius 1 is 0.900 bits per heavy atom. The fraction of sp³-hybridized carbons (Fsp3) is 0. The molecule has 3 heteroatoms. The third kappa shape index (κ3) is 2.19. The van der Waals surface area contributed by atoms with Crippen LogP contribution in [0.4, 0.5) is 4.39 Å². The number of ether oxygens (including phenoxy) is 1. The summed E-state index contributed by atoms with van der Waals surface area (Å²) in [5.41, 5.74) is -0.0827. The average molecular weight is 263 g/mol. The molecule has 0 aromatic heterocycles. The van der Waals surface area contributed by atoms with E-state index >= 15 is 0 Å². The van der Waals surface area contributed by atoms with Crippen molar-refractivity contribution in [2.75, 3.05) is 0 Å². The SMILES string of the molecule is N#Cc1c(F)cccc1Oc1ccc2ccccc2c1. The van der Waals surface area contributed by atoms with Gasteiger partial charge >= 0.3 is 0 Å². The van der Waals surface area contributed by atoms with E-state index in [1.54, 1.807) is 12.1 Å². The average Bonchev–Trinajstić information content (AvgIpc) is 2.47. The molecule has 0 saturated heterocycles. The van der Waals surface area contributed by atoms with Gasteiger partial charge in [0.1, 0.15) is 28.9 Å². The van der Waals surface area contributed by atoms with Gasteiger partial charge in [0.25, 0.3) is 0 Å². The lowest BCUT2D eigenvalue weighted by Gasteiger charge is -2.08. The first kappa shape index (κ1) is 12.2. The van der Waals surface area contributed by atoms with Crippen LogP contribution >= 0.6 is 0 Å². The maximum absolute atomic E-state index is 13.5. The molecule has 0 aliphatic heterocycles. The molecule has 0 saturated carbocycles. The number of nitriles is 1. The van der Waals surface area contributed by atoms with Crippen molar-refractivity contribution in [2.24, 2.45) is 0 Å². The highest BCUT2D eigenvalue weighted by molar-refractivity contribution is 5.83. The van der Waals surface area contributed by atoms with Crippen molar-refractivity contribution in [1.29, 1.82) is 5.26 Å². The molecule has 0 atom stereocenters. The van der Waals surface area contributed by atoms with Gasteiger partial charge in [0, 0.05) is 0 Å². The van der Waals surface area contributed by atoms with Crippen LogP contribution in [-0.2, 0) is 0 Å². The zero-order valence-electron chi connectivity index (χ0n) is 10.5. The van der Waals surface area contributed by atoms with E-state index in [1.165, 1.54) is 12.1 Å². The number of rotatable bonds is 2. The van der Waals surface area contributed by atoms with Gasteiger partial charge in [0.05, 0.1) is 0 Å². The summed E-state index contributed by atoms with van der Waals surface area (Å²) in [6.07, 6.45) is 0. The maximum atomic E-state index is 13.5. The highest BCUT2D eigenvalue weighted by Crippen LogP contribution is 2.28. The van der Waals surface area contributed by atoms with Crippen molar-refractivity contribution < 1.29 is 9.13 Å². The summed E-state index contributed by atoms with van der Waals surface area (Å²) < 4.78 is 19.1. The van der Waals surface area contributed by atoms with Gasteiger partial charge < -0.3 is 4.74 Å². The molecule has 3 rings (SSSR count). The quantitative estimate of drug-likeness (QED) is 0.674. The van der Waals surface area contributed by atoms with Crippen molar-refractivity contribution >= 4 is 10.8 Å². The Hall–Kier alpha value is -2.86. The monoisotopic (exact) mass is 263 g/mol. The molecule has 3 aromatic rings. The third-order valence-corrected chi connectivity index (χ3v) is 3.04. The molecule has 0 radical (unpaired) electrons. The van der Waals surface area contributed by atoms with Gasteiger partial charge in [-0.15, -0.1) is 0 Å². The first-order valence-electron chi connectivity index (χ1n) is 6.13. The molecule has 3 aromatic carbocycles. The second-order valence-electron chi connectivity index (χ2n) is 4.34. The van der Waals surface area contributed by atoms with Crippen LogP contribution in [-0.4, -0.2) is 0 Å². The van der Waals surface area contributed by atoms with Crippen molar-refractivity contribution in [1.82, 2.24) is 0 Å². The summed E-state index contributed by atoms with van der Waals surface area (Å²) in [6, 6.07) is 19.6. The Balaban J connectivity index is 2.02. The molecule has 20 heavy (non-hydrogen) atoms. The standard InChI is InChI=1S/C17H10FNO/c18-16-6-3-7-17(15(16)11-19)20-14-9-8-12-4-1-2-5-13(12)10-14/h1-10H. The molecule has 0 aliphatic rings. The highest BCUT2D eigenvalue weighted by atomic mass is 19.1. The lowest BCUT2D eigenvalue weighted by Crippen LogP contribution is -1.91. The van der Waals surface area contributed by atoms with E-state index in [2.05, 4.69) is 0 Å². The minimum atomic E-state index is -0.578. The lowest BCUT2D eigenvalue weighted by atomic mass is 10.1. The fourth-order valence-corrected chi connectivity index (χ4v) is 2.06. The van der Waals surface area contributed by atoms with Gasteiger partial charge in [0.15, 0.2) is 0 Å². The summed E-state index contributed by atoms with van der Waals surface area (Å²) in [6.45, 7) is 0.